The first-order valence-corrected chi connectivity index (χ1v) is 13.1. The van der Waals surface area contributed by atoms with E-state index in [1.807, 2.05) is 12.2 Å². The number of piperidine rings is 1. The van der Waals surface area contributed by atoms with Gasteiger partial charge < -0.3 is 10.2 Å². The predicted octanol–water partition coefficient (Wildman–Crippen LogP) is 6.68. The average Bonchev–Trinajstić information content (AvgIpc) is 2.84. The van der Waals surface area contributed by atoms with Gasteiger partial charge in [0.25, 0.3) is 0 Å². The Hall–Kier alpha value is -1.97. The predicted molar refractivity (Wildman–Crippen MR) is 143 cm³/mol. The highest BCUT2D eigenvalue weighted by atomic mass is 16.1. The zero-order valence-corrected chi connectivity index (χ0v) is 21.4. The molecule has 0 atom stereocenters. The molecule has 0 bridgehead atoms. The van der Waals surface area contributed by atoms with Crippen LogP contribution < -0.4 is 5.32 Å². The van der Waals surface area contributed by atoms with E-state index in [-0.39, 0.29) is 0 Å². The first kappa shape index (κ1) is 27.3. The number of nitrogens with one attached hydrogen (secondary N) is 1. The van der Waals surface area contributed by atoms with Gasteiger partial charge in [0.1, 0.15) is 0 Å². The fraction of sp³-hybridized carbons (Fsp3) is 0.567. The smallest absolute Gasteiger partial charge is 0.162 e. The summed E-state index contributed by atoms with van der Waals surface area (Å²) in [5, 5.41) is 3.42. The summed E-state index contributed by atoms with van der Waals surface area (Å²) in [7, 11) is 0. The van der Waals surface area contributed by atoms with Gasteiger partial charge in [-0.25, -0.2) is 0 Å². The van der Waals surface area contributed by atoms with Crippen LogP contribution in [0.4, 0.5) is 0 Å². The molecule has 1 heterocycles. The lowest BCUT2D eigenvalue weighted by Gasteiger charge is -2.22. The second-order valence-corrected chi connectivity index (χ2v) is 9.40. The van der Waals surface area contributed by atoms with Crippen LogP contribution in [0.25, 0.3) is 0 Å². The number of Topliss-reactive ketones (excluding diaryl/α,β-unsaturated/α-hetero) is 1. The van der Waals surface area contributed by atoms with E-state index < -0.39 is 0 Å². The van der Waals surface area contributed by atoms with E-state index in [9.17, 15) is 4.79 Å². The number of rotatable bonds is 15. The monoisotopic (exact) mass is 450 g/mol. The normalized spacial score (nSPS) is 15.5. The van der Waals surface area contributed by atoms with Crippen molar-refractivity contribution in [2.75, 3.05) is 32.7 Å². The van der Waals surface area contributed by atoms with Gasteiger partial charge in [0.2, 0.25) is 0 Å². The number of ketones is 1. The minimum Gasteiger partial charge on any atom is -0.317 e. The quantitative estimate of drug-likeness (QED) is 0.239. The minimum atomic E-state index is 0.307. The molecule has 0 amide bonds. The van der Waals surface area contributed by atoms with Gasteiger partial charge in [-0.15, -0.1) is 0 Å². The number of carbonyl (C=O) groups excluding carboxylic acids is 1. The minimum absolute atomic E-state index is 0.307. The maximum Gasteiger partial charge on any atom is 0.162 e. The number of hydrogen-bond donors (Lipinski definition) is 1. The third-order valence-electron chi connectivity index (χ3n) is 7.04. The number of hydrogen-bond acceptors (Lipinski definition) is 3. The van der Waals surface area contributed by atoms with Crippen molar-refractivity contribution in [3.8, 4) is 0 Å². The molecule has 182 valence electrons. The van der Waals surface area contributed by atoms with Gasteiger partial charge in [-0.3, -0.25) is 4.79 Å². The first-order chi connectivity index (χ1) is 16.1. The molecular weight excluding hydrogens is 404 g/mol. The Labute approximate surface area is 203 Å². The van der Waals surface area contributed by atoms with Crippen LogP contribution in [0.2, 0.25) is 0 Å². The lowest BCUT2D eigenvalue weighted by Crippen LogP contribution is -2.27. The molecule has 0 radical (unpaired) electrons. The van der Waals surface area contributed by atoms with E-state index >= 15 is 0 Å². The Kier molecular flexibility index (Phi) is 13.1. The average molecular weight is 451 g/mol. The topological polar surface area (TPSA) is 32.3 Å². The van der Waals surface area contributed by atoms with Gasteiger partial charge >= 0.3 is 0 Å². The van der Waals surface area contributed by atoms with Crippen molar-refractivity contribution >= 4 is 5.78 Å². The summed E-state index contributed by atoms with van der Waals surface area (Å²) in [5.74, 6) is 1.11. The molecule has 1 aromatic carbocycles. The second-order valence-electron chi connectivity index (χ2n) is 9.40. The Morgan fingerprint density at radius 2 is 1.97 bits per heavy atom. The summed E-state index contributed by atoms with van der Waals surface area (Å²) in [6, 6.07) is 6.35. The van der Waals surface area contributed by atoms with Gasteiger partial charge in [-0.2, -0.15) is 0 Å². The van der Waals surface area contributed by atoms with E-state index in [0.29, 0.717) is 12.2 Å². The van der Waals surface area contributed by atoms with E-state index in [1.165, 1.54) is 36.0 Å². The molecule has 0 aliphatic carbocycles. The van der Waals surface area contributed by atoms with E-state index in [1.54, 1.807) is 0 Å². The molecule has 1 aliphatic rings. The molecule has 3 heteroatoms. The molecule has 1 fully saturated rings. The maximum absolute atomic E-state index is 12.7. The van der Waals surface area contributed by atoms with E-state index in [2.05, 4.69) is 67.9 Å². The molecule has 2 rings (SSSR count). The molecular formula is C30H46N2O. The van der Waals surface area contributed by atoms with E-state index in [4.69, 9.17) is 0 Å². The highest BCUT2D eigenvalue weighted by Crippen LogP contribution is 2.21. The van der Waals surface area contributed by atoms with Crippen LogP contribution in [-0.4, -0.2) is 43.4 Å². The molecule has 0 aromatic heterocycles. The van der Waals surface area contributed by atoms with Crippen molar-refractivity contribution < 1.29 is 4.79 Å². The number of allylic oxidation sites excluding steroid dienone is 4. The number of aryl methyl sites for hydroxylation is 2. The summed E-state index contributed by atoms with van der Waals surface area (Å²) < 4.78 is 0. The SMILES string of the molecule is C=C/C=C\C(=C/C)CCN(CC)CCCc1ccc(C(=O)CCCC2CCNCC2)cc1C. The zero-order valence-electron chi connectivity index (χ0n) is 21.4. The van der Waals surface area contributed by atoms with Crippen molar-refractivity contribution in [3.05, 3.63) is 71.3 Å². The number of carbonyl (C=O) groups is 1. The molecule has 33 heavy (non-hydrogen) atoms. The highest BCUT2D eigenvalue weighted by Gasteiger charge is 2.14. The highest BCUT2D eigenvalue weighted by molar-refractivity contribution is 5.96. The Morgan fingerprint density at radius 3 is 2.64 bits per heavy atom. The van der Waals surface area contributed by atoms with Crippen molar-refractivity contribution in [1.29, 1.82) is 0 Å². The first-order valence-electron chi connectivity index (χ1n) is 13.1. The van der Waals surface area contributed by atoms with Gasteiger partial charge in [-0.05, 0) is 108 Å². The van der Waals surface area contributed by atoms with Gasteiger partial charge in [0, 0.05) is 18.5 Å². The largest absolute Gasteiger partial charge is 0.317 e. The third kappa shape index (κ3) is 10.2. The summed E-state index contributed by atoms with van der Waals surface area (Å²) >= 11 is 0. The fourth-order valence-electron chi connectivity index (χ4n) is 4.74. The summed E-state index contributed by atoms with van der Waals surface area (Å²) in [4.78, 5) is 15.2. The van der Waals surface area contributed by atoms with Gasteiger partial charge in [0.15, 0.2) is 5.78 Å². The van der Waals surface area contributed by atoms with Crippen molar-refractivity contribution in [3.63, 3.8) is 0 Å². The fourth-order valence-corrected chi connectivity index (χ4v) is 4.74. The Morgan fingerprint density at radius 1 is 1.18 bits per heavy atom. The number of nitrogens with zero attached hydrogens (tertiary/aromatic N) is 1. The van der Waals surface area contributed by atoms with Crippen LogP contribution in [0.15, 0.2) is 54.7 Å². The molecule has 1 saturated heterocycles. The molecule has 0 unspecified atom stereocenters. The van der Waals surface area contributed by atoms with Crippen molar-refractivity contribution in [2.24, 2.45) is 5.92 Å². The molecule has 1 N–H and O–H groups in total. The summed E-state index contributed by atoms with van der Waals surface area (Å²) in [5.41, 5.74) is 4.89. The van der Waals surface area contributed by atoms with Crippen LogP contribution in [0.3, 0.4) is 0 Å². The van der Waals surface area contributed by atoms with Crippen LogP contribution in [0.1, 0.15) is 80.3 Å². The van der Waals surface area contributed by atoms with E-state index in [0.717, 1.165) is 69.9 Å². The Bertz CT molecular complexity index is 786. The van der Waals surface area contributed by atoms with Crippen LogP contribution >= 0.6 is 0 Å². The second kappa shape index (κ2) is 15.8. The standard InChI is InChI=1S/C30H46N2O/c1-5-8-11-26(6-2)19-23-32(7-3)22-10-13-28-15-16-29(24-25(28)4)30(33)14-9-12-27-17-20-31-21-18-27/h5-6,8,11,15-16,24,27,31H,1,7,9-10,12-14,17-23H2,2-4H3/b11-8-,26-6+. The summed E-state index contributed by atoms with van der Waals surface area (Å²) in [6.45, 7) is 15.8. The summed E-state index contributed by atoms with van der Waals surface area (Å²) in [6.07, 6.45) is 16.9. The van der Waals surface area contributed by atoms with Crippen LogP contribution in [-0.2, 0) is 6.42 Å². The third-order valence-corrected chi connectivity index (χ3v) is 7.04. The van der Waals surface area contributed by atoms with Crippen molar-refractivity contribution in [1.82, 2.24) is 10.2 Å². The van der Waals surface area contributed by atoms with Crippen LogP contribution in [0, 0.1) is 12.8 Å². The van der Waals surface area contributed by atoms with Gasteiger partial charge in [0.05, 0.1) is 0 Å². The lowest BCUT2D eigenvalue weighted by atomic mass is 9.91. The maximum atomic E-state index is 12.7. The molecule has 1 aromatic rings. The van der Waals surface area contributed by atoms with Gasteiger partial charge in [-0.1, -0.05) is 55.5 Å². The number of benzene rings is 1. The Balaban J connectivity index is 1.75. The molecule has 1 aliphatic heterocycles. The van der Waals surface area contributed by atoms with Crippen molar-refractivity contribution in [2.45, 2.75) is 72.1 Å². The molecule has 0 spiro atoms. The van der Waals surface area contributed by atoms with Crippen LogP contribution in [0.5, 0.6) is 0 Å². The molecule has 3 nitrogen and oxygen atoms in total. The zero-order chi connectivity index (χ0) is 23.9. The lowest BCUT2D eigenvalue weighted by molar-refractivity contribution is 0.0977. The molecule has 0 saturated carbocycles.